The summed E-state index contributed by atoms with van der Waals surface area (Å²) in [6, 6.07) is 20.2. The Labute approximate surface area is 184 Å². The number of aryl methyl sites for hydroxylation is 1. The molecule has 3 aromatic rings. The molecule has 1 saturated carbocycles. The van der Waals surface area contributed by atoms with Crippen molar-refractivity contribution < 1.29 is 4.79 Å². The third-order valence-corrected chi connectivity index (χ3v) is 6.43. The number of nitrogens with zero attached hydrogens (tertiary/aromatic N) is 1. The van der Waals surface area contributed by atoms with E-state index in [1.807, 2.05) is 43.3 Å². The van der Waals surface area contributed by atoms with Gasteiger partial charge >= 0.3 is 0 Å². The number of imidazole rings is 1. The second kappa shape index (κ2) is 9.92. The van der Waals surface area contributed by atoms with Crippen molar-refractivity contribution in [1.82, 2.24) is 15.3 Å². The number of carbonyl (C=O) groups excluding carboxylic acids is 1. The Balaban J connectivity index is 1.56. The largest absolute Gasteiger partial charge is 0.346 e. The summed E-state index contributed by atoms with van der Waals surface area (Å²) in [6.07, 6.45) is 4.61. The van der Waals surface area contributed by atoms with Crippen molar-refractivity contribution in [3.05, 3.63) is 77.7 Å². The van der Waals surface area contributed by atoms with Crippen molar-refractivity contribution >= 4 is 5.91 Å². The molecule has 0 saturated heterocycles. The van der Waals surface area contributed by atoms with Crippen LogP contribution in [0.4, 0.5) is 0 Å². The highest BCUT2D eigenvalue weighted by Crippen LogP contribution is 2.30. The minimum absolute atomic E-state index is 0.0609. The van der Waals surface area contributed by atoms with Gasteiger partial charge in [0.15, 0.2) is 0 Å². The fraction of sp³-hybridized carbons (Fsp3) is 0.385. The van der Waals surface area contributed by atoms with Gasteiger partial charge in [-0.2, -0.15) is 0 Å². The molecule has 4 N–H and O–H groups in total. The summed E-state index contributed by atoms with van der Waals surface area (Å²) in [7, 11) is 0. The highest BCUT2D eigenvalue weighted by atomic mass is 16.1. The lowest BCUT2D eigenvalue weighted by Crippen LogP contribution is -2.37. The van der Waals surface area contributed by atoms with Gasteiger partial charge in [0.2, 0.25) is 5.91 Å². The van der Waals surface area contributed by atoms with Crippen LogP contribution < -0.4 is 11.1 Å². The van der Waals surface area contributed by atoms with Gasteiger partial charge in [0.1, 0.15) is 5.82 Å². The lowest BCUT2D eigenvalue weighted by atomic mass is 9.81. The Hall–Kier alpha value is -2.92. The van der Waals surface area contributed by atoms with E-state index in [4.69, 9.17) is 10.7 Å². The Morgan fingerprint density at radius 3 is 2.35 bits per heavy atom. The van der Waals surface area contributed by atoms with Gasteiger partial charge in [-0.3, -0.25) is 4.79 Å². The standard InChI is InChI=1S/C26H32N4O/c1-18-24(21-10-6-3-7-11-21)30-25(28-18)23(16-19-8-4-2-5-9-19)29-26(31)22-14-12-20(17-27)13-15-22/h2-11,20,22-23H,12-17,27H2,1H3,(H,28,30)(H,29,31)/t20-,22-,23-/m0/s1. The number of H-pyrrole nitrogens is 1. The summed E-state index contributed by atoms with van der Waals surface area (Å²) in [5, 5.41) is 3.31. The summed E-state index contributed by atoms with van der Waals surface area (Å²) in [5.41, 5.74) is 10.0. The molecule has 1 heterocycles. The molecule has 1 fully saturated rings. The topological polar surface area (TPSA) is 83.8 Å². The first kappa shape index (κ1) is 21.3. The maximum Gasteiger partial charge on any atom is 0.223 e. The van der Waals surface area contributed by atoms with Crippen molar-refractivity contribution in [2.75, 3.05) is 6.54 Å². The van der Waals surface area contributed by atoms with Crippen LogP contribution in [0.3, 0.4) is 0 Å². The van der Waals surface area contributed by atoms with Crippen molar-refractivity contribution in [3.63, 3.8) is 0 Å². The number of nitrogens with one attached hydrogen (secondary N) is 2. The molecular weight excluding hydrogens is 384 g/mol. The normalized spacial score (nSPS) is 19.7. The second-order valence-electron chi connectivity index (χ2n) is 8.67. The van der Waals surface area contributed by atoms with Gasteiger partial charge in [-0.05, 0) is 57.1 Å². The van der Waals surface area contributed by atoms with E-state index in [0.717, 1.165) is 55.0 Å². The van der Waals surface area contributed by atoms with Gasteiger partial charge in [0.05, 0.1) is 11.7 Å². The highest BCUT2D eigenvalue weighted by molar-refractivity contribution is 5.79. The van der Waals surface area contributed by atoms with Gasteiger partial charge in [-0.15, -0.1) is 0 Å². The lowest BCUT2D eigenvalue weighted by Gasteiger charge is -2.28. The van der Waals surface area contributed by atoms with Crippen LogP contribution in [-0.4, -0.2) is 22.4 Å². The van der Waals surface area contributed by atoms with Gasteiger partial charge in [-0.25, -0.2) is 4.98 Å². The summed E-state index contributed by atoms with van der Waals surface area (Å²) in [6.45, 7) is 2.76. The molecule has 162 valence electrons. The molecule has 2 aromatic carbocycles. The van der Waals surface area contributed by atoms with E-state index >= 15 is 0 Å². The SMILES string of the molecule is Cc1[nH]c([C@H](Cc2ccccc2)NC(=O)[C@H]2CC[C@H](CN)CC2)nc1-c1ccccc1. The molecule has 1 aliphatic carbocycles. The summed E-state index contributed by atoms with van der Waals surface area (Å²) in [5.74, 6) is 1.56. The average molecular weight is 417 g/mol. The van der Waals surface area contributed by atoms with Crippen LogP contribution in [0, 0.1) is 18.8 Å². The van der Waals surface area contributed by atoms with Crippen LogP contribution in [0.25, 0.3) is 11.3 Å². The zero-order valence-corrected chi connectivity index (χ0v) is 18.2. The van der Waals surface area contributed by atoms with Crippen LogP contribution in [0.5, 0.6) is 0 Å². The van der Waals surface area contributed by atoms with Gasteiger partial charge in [-0.1, -0.05) is 60.7 Å². The third kappa shape index (κ3) is 5.23. The molecule has 1 atom stereocenters. The molecule has 0 unspecified atom stereocenters. The first-order chi connectivity index (χ1) is 15.1. The van der Waals surface area contributed by atoms with Crippen LogP contribution in [0.15, 0.2) is 60.7 Å². The smallest absolute Gasteiger partial charge is 0.223 e. The van der Waals surface area contributed by atoms with E-state index in [1.165, 1.54) is 5.56 Å². The number of amides is 1. The van der Waals surface area contributed by atoms with Crippen LogP contribution in [-0.2, 0) is 11.2 Å². The first-order valence-electron chi connectivity index (χ1n) is 11.3. The quantitative estimate of drug-likeness (QED) is 0.528. The molecule has 0 aliphatic heterocycles. The maximum absolute atomic E-state index is 13.1. The highest BCUT2D eigenvalue weighted by Gasteiger charge is 2.28. The first-order valence-corrected chi connectivity index (χ1v) is 11.3. The molecule has 31 heavy (non-hydrogen) atoms. The Bertz CT molecular complexity index is 975. The van der Waals surface area contributed by atoms with E-state index in [1.54, 1.807) is 0 Å². The number of benzene rings is 2. The van der Waals surface area contributed by atoms with E-state index < -0.39 is 0 Å². The molecule has 0 radical (unpaired) electrons. The minimum Gasteiger partial charge on any atom is -0.346 e. The van der Waals surface area contributed by atoms with E-state index in [0.29, 0.717) is 12.3 Å². The lowest BCUT2D eigenvalue weighted by molar-refractivity contribution is -0.127. The molecule has 5 heteroatoms. The second-order valence-corrected chi connectivity index (χ2v) is 8.67. The van der Waals surface area contributed by atoms with Crippen molar-refractivity contribution in [1.29, 1.82) is 0 Å². The average Bonchev–Trinajstić information content (AvgIpc) is 3.21. The Morgan fingerprint density at radius 1 is 1.06 bits per heavy atom. The fourth-order valence-corrected chi connectivity index (χ4v) is 4.54. The zero-order chi connectivity index (χ0) is 21.6. The predicted molar refractivity (Wildman–Crippen MR) is 124 cm³/mol. The van der Waals surface area contributed by atoms with Crippen molar-refractivity contribution in [2.24, 2.45) is 17.6 Å². The number of nitrogens with two attached hydrogens (primary N) is 1. The van der Waals surface area contributed by atoms with Gasteiger partial charge in [0, 0.05) is 17.2 Å². The molecule has 1 aliphatic rings. The number of hydrogen-bond acceptors (Lipinski definition) is 3. The third-order valence-electron chi connectivity index (χ3n) is 6.43. The van der Waals surface area contributed by atoms with E-state index in [2.05, 4.69) is 34.6 Å². The molecular formula is C26H32N4O. The van der Waals surface area contributed by atoms with Crippen molar-refractivity contribution in [2.45, 2.75) is 45.1 Å². The molecule has 5 nitrogen and oxygen atoms in total. The Kier molecular flexibility index (Phi) is 6.82. The molecule has 0 bridgehead atoms. The van der Waals surface area contributed by atoms with E-state index in [9.17, 15) is 4.79 Å². The van der Waals surface area contributed by atoms with Crippen LogP contribution >= 0.6 is 0 Å². The van der Waals surface area contributed by atoms with Gasteiger partial charge in [0.25, 0.3) is 0 Å². The number of aromatic amines is 1. The monoisotopic (exact) mass is 416 g/mol. The summed E-state index contributed by atoms with van der Waals surface area (Å²) >= 11 is 0. The number of carbonyl (C=O) groups is 1. The van der Waals surface area contributed by atoms with Crippen LogP contribution in [0.1, 0.15) is 48.8 Å². The zero-order valence-electron chi connectivity index (χ0n) is 18.2. The van der Waals surface area contributed by atoms with Crippen LogP contribution in [0.2, 0.25) is 0 Å². The fourth-order valence-electron chi connectivity index (χ4n) is 4.54. The molecule has 1 amide bonds. The summed E-state index contributed by atoms with van der Waals surface area (Å²) in [4.78, 5) is 21.5. The van der Waals surface area contributed by atoms with E-state index in [-0.39, 0.29) is 17.9 Å². The number of aromatic nitrogens is 2. The number of hydrogen-bond donors (Lipinski definition) is 3. The predicted octanol–water partition coefficient (Wildman–Crippen LogP) is 4.55. The van der Waals surface area contributed by atoms with Gasteiger partial charge < -0.3 is 16.0 Å². The molecule has 4 rings (SSSR count). The summed E-state index contributed by atoms with van der Waals surface area (Å²) < 4.78 is 0. The van der Waals surface area contributed by atoms with Crippen molar-refractivity contribution in [3.8, 4) is 11.3 Å². The maximum atomic E-state index is 13.1. The number of rotatable bonds is 7. The molecule has 1 aromatic heterocycles. The Morgan fingerprint density at radius 2 is 1.71 bits per heavy atom. The minimum atomic E-state index is -0.196. The molecule has 0 spiro atoms.